The van der Waals surface area contributed by atoms with Crippen molar-refractivity contribution in [1.29, 1.82) is 0 Å². The predicted octanol–water partition coefficient (Wildman–Crippen LogP) is 2.40. The molecule has 22 heavy (non-hydrogen) atoms. The number of carboxylic acid groups (broad SMARTS) is 1. The molecule has 0 radical (unpaired) electrons. The zero-order chi connectivity index (χ0) is 16.3. The van der Waals surface area contributed by atoms with E-state index in [2.05, 4.69) is 0 Å². The van der Waals surface area contributed by atoms with Crippen LogP contribution in [0.15, 0.2) is 12.1 Å². The van der Waals surface area contributed by atoms with Crippen LogP contribution < -0.4 is 14.2 Å². The molecule has 1 aliphatic rings. The molecule has 1 fully saturated rings. The number of hydrogen-bond acceptors (Lipinski definition) is 5. The van der Waals surface area contributed by atoms with Crippen molar-refractivity contribution < 1.29 is 28.9 Å². The molecule has 0 spiro atoms. The lowest BCUT2D eigenvalue weighted by Gasteiger charge is -2.17. The van der Waals surface area contributed by atoms with Gasteiger partial charge in [-0.3, -0.25) is 9.59 Å². The molecular formula is C16H20O6. The third kappa shape index (κ3) is 2.86. The van der Waals surface area contributed by atoms with E-state index in [1.807, 2.05) is 0 Å². The largest absolute Gasteiger partial charge is 0.493 e. The zero-order valence-electron chi connectivity index (χ0n) is 12.9. The smallest absolute Gasteiger partial charge is 0.307 e. The summed E-state index contributed by atoms with van der Waals surface area (Å²) in [5.41, 5.74) is 0.382. The molecular weight excluding hydrogens is 288 g/mol. The average Bonchev–Trinajstić information content (AvgIpc) is 3.02. The van der Waals surface area contributed by atoms with Crippen LogP contribution in [0, 0.1) is 11.8 Å². The Balaban J connectivity index is 2.39. The van der Waals surface area contributed by atoms with E-state index in [1.165, 1.54) is 21.3 Å². The Hall–Kier alpha value is -2.24. The van der Waals surface area contributed by atoms with Crippen LogP contribution in [0.2, 0.25) is 0 Å². The summed E-state index contributed by atoms with van der Waals surface area (Å²) in [6, 6.07) is 3.14. The van der Waals surface area contributed by atoms with E-state index < -0.39 is 17.8 Å². The van der Waals surface area contributed by atoms with Gasteiger partial charge in [0.15, 0.2) is 17.3 Å². The molecule has 0 heterocycles. The molecule has 0 aliphatic heterocycles. The number of carboxylic acids is 1. The highest BCUT2D eigenvalue weighted by Crippen LogP contribution is 2.41. The minimum absolute atomic E-state index is 0.191. The highest BCUT2D eigenvalue weighted by Gasteiger charge is 2.38. The second-order valence-corrected chi connectivity index (χ2v) is 5.26. The summed E-state index contributed by atoms with van der Waals surface area (Å²) >= 11 is 0. The first-order valence-electron chi connectivity index (χ1n) is 7.10. The average molecular weight is 308 g/mol. The number of benzene rings is 1. The molecule has 1 aromatic rings. The van der Waals surface area contributed by atoms with Gasteiger partial charge in [-0.05, 0) is 25.0 Å². The normalized spacial score (nSPS) is 20.5. The molecule has 1 aliphatic carbocycles. The van der Waals surface area contributed by atoms with Crippen LogP contribution in [0.25, 0.3) is 0 Å². The van der Waals surface area contributed by atoms with Crippen LogP contribution in [-0.2, 0) is 4.79 Å². The number of aliphatic carboxylic acids is 1. The molecule has 1 saturated carbocycles. The van der Waals surface area contributed by atoms with Crippen molar-refractivity contribution in [2.45, 2.75) is 19.3 Å². The van der Waals surface area contributed by atoms with Crippen molar-refractivity contribution >= 4 is 11.8 Å². The fourth-order valence-corrected chi connectivity index (χ4v) is 3.01. The summed E-state index contributed by atoms with van der Waals surface area (Å²) in [4.78, 5) is 24.0. The van der Waals surface area contributed by atoms with Crippen LogP contribution >= 0.6 is 0 Å². The Morgan fingerprint density at radius 1 is 1.00 bits per heavy atom. The molecule has 1 N–H and O–H groups in total. The Bertz CT molecular complexity index is 555. The second kappa shape index (κ2) is 6.68. The van der Waals surface area contributed by atoms with Gasteiger partial charge in [0, 0.05) is 11.5 Å². The molecule has 0 saturated heterocycles. The zero-order valence-corrected chi connectivity index (χ0v) is 12.9. The molecule has 0 aromatic heterocycles. The molecule has 1 aromatic carbocycles. The van der Waals surface area contributed by atoms with Crippen LogP contribution in [0.5, 0.6) is 17.2 Å². The third-order valence-electron chi connectivity index (χ3n) is 4.12. The topological polar surface area (TPSA) is 82.1 Å². The highest BCUT2D eigenvalue weighted by molar-refractivity contribution is 6.01. The molecule has 6 heteroatoms. The lowest BCUT2D eigenvalue weighted by Crippen LogP contribution is -2.25. The number of hydrogen-bond donors (Lipinski definition) is 1. The van der Waals surface area contributed by atoms with Gasteiger partial charge in [-0.2, -0.15) is 0 Å². The fourth-order valence-electron chi connectivity index (χ4n) is 3.01. The maximum atomic E-state index is 12.7. The Morgan fingerprint density at radius 3 is 2.00 bits per heavy atom. The van der Waals surface area contributed by atoms with E-state index in [0.717, 1.165) is 6.42 Å². The third-order valence-corrected chi connectivity index (χ3v) is 4.12. The molecule has 120 valence electrons. The van der Waals surface area contributed by atoms with Gasteiger partial charge in [-0.25, -0.2) is 0 Å². The quantitative estimate of drug-likeness (QED) is 0.813. The minimum atomic E-state index is -0.914. The SMILES string of the molecule is COc1cc(C(=O)[C@H]2CCC[C@H]2C(=O)O)cc(OC)c1OC. The van der Waals surface area contributed by atoms with Crippen LogP contribution in [-0.4, -0.2) is 38.2 Å². The number of ether oxygens (including phenoxy) is 3. The first-order chi connectivity index (χ1) is 10.5. The number of ketones is 1. The Labute approximate surface area is 129 Å². The molecule has 0 bridgehead atoms. The van der Waals surface area contributed by atoms with Crippen molar-refractivity contribution in [3.05, 3.63) is 17.7 Å². The predicted molar refractivity (Wildman–Crippen MR) is 78.9 cm³/mol. The number of Topliss-reactive ketones (excluding diaryl/α,β-unsaturated/α-hetero) is 1. The van der Waals surface area contributed by atoms with E-state index in [4.69, 9.17) is 14.2 Å². The van der Waals surface area contributed by atoms with Crippen LogP contribution in [0.1, 0.15) is 29.6 Å². The van der Waals surface area contributed by atoms with Crippen molar-refractivity contribution in [2.75, 3.05) is 21.3 Å². The number of carbonyl (C=O) groups excluding carboxylic acids is 1. The minimum Gasteiger partial charge on any atom is -0.493 e. The molecule has 0 unspecified atom stereocenters. The summed E-state index contributed by atoms with van der Waals surface area (Å²) in [5.74, 6) is -1.05. The standard InChI is InChI=1S/C16H20O6/c1-20-12-7-9(8-13(21-2)15(12)22-3)14(17)10-5-4-6-11(10)16(18)19/h7-8,10-11H,4-6H2,1-3H3,(H,18,19)/t10-,11+/m0/s1. The van der Waals surface area contributed by atoms with Crippen molar-refractivity contribution in [2.24, 2.45) is 11.8 Å². The van der Waals surface area contributed by atoms with Crippen LogP contribution in [0.3, 0.4) is 0 Å². The maximum absolute atomic E-state index is 12.7. The summed E-state index contributed by atoms with van der Waals surface area (Å²) in [7, 11) is 4.43. The number of carbonyl (C=O) groups is 2. The molecule has 0 amide bonds. The Kier molecular flexibility index (Phi) is 4.90. The first kappa shape index (κ1) is 16.1. The van der Waals surface area contributed by atoms with Gasteiger partial charge in [-0.1, -0.05) is 6.42 Å². The van der Waals surface area contributed by atoms with Crippen molar-refractivity contribution in [1.82, 2.24) is 0 Å². The molecule has 6 nitrogen and oxygen atoms in total. The van der Waals surface area contributed by atoms with Gasteiger partial charge in [0.25, 0.3) is 0 Å². The summed E-state index contributed by atoms with van der Waals surface area (Å²) in [6.07, 6.45) is 1.88. The molecule has 2 atom stereocenters. The lowest BCUT2D eigenvalue weighted by atomic mass is 9.88. The number of methoxy groups -OCH3 is 3. The van der Waals surface area contributed by atoms with E-state index >= 15 is 0 Å². The van der Waals surface area contributed by atoms with Gasteiger partial charge in [0.1, 0.15) is 0 Å². The van der Waals surface area contributed by atoms with Gasteiger partial charge >= 0.3 is 5.97 Å². The van der Waals surface area contributed by atoms with Gasteiger partial charge in [0.05, 0.1) is 27.2 Å². The van der Waals surface area contributed by atoms with Gasteiger partial charge < -0.3 is 19.3 Å². The van der Waals surface area contributed by atoms with E-state index in [0.29, 0.717) is 35.7 Å². The lowest BCUT2D eigenvalue weighted by molar-refractivity contribution is -0.142. The van der Waals surface area contributed by atoms with Crippen molar-refractivity contribution in [3.8, 4) is 17.2 Å². The highest BCUT2D eigenvalue weighted by atomic mass is 16.5. The first-order valence-corrected chi connectivity index (χ1v) is 7.10. The fraction of sp³-hybridized carbons (Fsp3) is 0.500. The second-order valence-electron chi connectivity index (χ2n) is 5.26. The summed E-state index contributed by atoms with van der Waals surface area (Å²) < 4.78 is 15.7. The summed E-state index contributed by atoms with van der Waals surface area (Å²) in [6.45, 7) is 0. The van der Waals surface area contributed by atoms with E-state index in [1.54, 1.807) is 12.1 Å². The monoisotopic (exact) mass is 308 g/mol. The van der Waals surface area contributed by atoms with Crippen molar-refractivity contribution in [3.63, 3.8) is 0 Å². The van der Waals surface area contributed by atoms with Gasteiger partial charge in [0.2, 0.25) is 5.75 Å². The Morgan fingerprint density at radius 2 is 1.55 bits per heavy atom. The molecule has 2 rings (SSSR count). The summed E-state index contributed by atoms with van der Waals surface area (Å²) in [5, 5.41) is 9.24. The van der Waals surface area contributed by atoms with E-state index in [-0.39, 0.29) is 5.78 Å². The van der Waals surface area contributed by atoms with Gasteiger partial charge in [-0.15, -0.1) is 0 Å². The van der Waals surface area contributed by atoms with E-state index in [9.17, 15) is 14.7 Å². The van der Waals surface area contributed by atoms with Crippen LogP contribution in [0.4, 0.5) is 0 Å². The number of rotatable bonds is 6. The maximum Gasteiger partial charge on any atom is 0.307 e.